The van der Waals surface area contributed by atoms with Crippen LogP contribution < -0.4 is 5.32 Å². The molecule has 2 aromatic heterocycles. The molecule has 4 aromatic rings. The molecular weight excluding hydrogens is 394 g/mol. The zero-order chi connectivity index (χ0) is 20.4. The fourth-order valence-corrected chi connectivity index (χ4v) is 4.40. The second-order valence-corrected chi connectivity index (χ2v) is 8.46. The number of para-hydroxylation sites is 2. The quantitative estimate of drug-likeness (QED) is 0.500. The molecule has 1 amide bonds. The molecule has 7 heteroatoms. The maximum atomic E-state index is 13.0. The summed E-state index contributed by atoms with van der Waals surface area (Å²) in [6, 6.07) is 25.2. The molecule has 30 heavy (non-hydrogen) atoms. The first-order valence-corrected chi connectivity index (χ1v) is 10.5. The van der Waals surface area contributed by atoms with Crippen LogP contribution in [-0.4, -0.2) is 30.4 Å². The smallest absolute Gasteiger partial charge is 0.241 e. The van der Waals surface area contributed by atoms with E-state index in [1.807, 2.05) is 83.4 Å². The Kier molecular flexibility index (Phi) is 4.80. The van der Waals surface area contributed by atoms with E-state index < -0.39 is 4.75 Å². The van der Waals surface area contributed by atoms with E-state index in [1.165, 1.54) is 11.8 Å². The molecule has 1 N–H and O–H groups in total. The highest BCUT2D eigenvalue weighted by Crippen LogP contribution is 2.52. The first-order valence-electron chi connectivity index (χ1n) is 9.73. The fraction of sp³-hybridized carbons (Fsp3) is 0.130. The average molecular weight is 414 g/mol. The van der Waals surface area contributed by atoms with Crippen molar-refractivity contribution < 1.29 is 4.79 Å². The van der Waals surface area contributed by atoms with Gasteiger partial charge in [0.15, 0.2) is 11.0 Å². The Morgan fingerprint density at radius 1 is 0.900 bits per heavy atom. The molecule has 0 radical (unpaired) electrons. The van der Waals surface area contributed by atoms with Crippen LogP contribution in [0.1, 0.15) is 12.8 Å². The summed E-state index contributed by atoms with van der Waals surface area (Å²) in [6.07, 6.45) is 3.34. The van der Waals surface area contributed by atoms with Crippen molar-refractivity contribution >= 4 is 23.4 Å². The van der Waals surface area contributed by atoms with E-state index in [4.69, 9.17) is 0 Å². The van der Waals surface area contributed by atoms with Crippen LogP contribution in [0.15, 0.2) is 90.2 Å². The van der Waals surface area contributed by atoms with Crippen LogP contribution in [0.5, 0.6) is 0 Å². The summed E-state index contributed by atoms with van der Waals surface area (Å²) in [5.41, 5.74) is 2.47. The van der Waals surface area contributed by atoms with Crippen LogP contribution in [0.25, 0.3) is 17.2 Å². The molecule has 1 aliphatic carbocycles. The van der Waals surface area contributed by atoms with Crippen molar-refractivity contribution in [1.29, 1.82) is 0 Å². The van der Waals surface area contributed by atoms with Crippen molar-refractivity contribution in [3.63, 3.8) is 0 Å². The van der Waals surface area contributed by atoms with Gasteiger partial charge in [-0.1, -0.05) is 54.2 Å². The number of hydrogen-bond acceptors (Lipinski definition) is 5. The van der Waals surface area contributed by atoms with E-state index in [0.717, 1.165) is 29.9 Å². The number of aromatic nitrogens is 4. The van der Waals surface area contributed by atoms with Gasteiger partial charge in [-0.15, -0.1) is 10.2 Å². The third-order valence-electron chi connectivity index (χ3n) is 4.98. The second kappa shape index (κ2) is 7.76. The highest BCUT2D eigenvalue weighted by molar-refractivity contribution is 8.01. The highest BCUT2D eigenvalue weighted by atomic mass is 32.2. The number of carbonyl (C=O) groups excluding carboxylic acids is 1. The Morgan fingerprint density at radius 3 is 2.27 bits per heavy atom. The van der Waals surface area contributed by atoms with Crippen LogP contribution in [0.3, 0.4) is 0 Å². The van der Waals surface area contributed by atoms with Gasteiger partial charge in [-0.3, -0.25) is 14.3 Å². The zero-order valence-corrected chi connectivity index (χ0v) is 16.9. The Balaban J connectivity index is 1.49. The Labute approximate surface area is 178 Å². The van der Waals surface area contributed by atoms with Gasteiger partial charge in [-0.25, -0.2) is 0 Å². The number of anilines is 1. The Bertz CT molecular complexity index is 1160. The van der Waals surface area contributed by atoms with Crippen molar-refractivity contribution in [2.75, 3.05) is 5.32 Å². The molecule has 0 spiro atoms. The van der Waals surface area contributed by atoms with E-state index in [-0.39, 0.29) is 5.91 Å². The standard InChI is InChI=1S/C23H19N5OS/c29-21(25-17-9-3-1-4-10-17)23(14-15-23)30-22-27-26-20(19-13-7-8-16-24-19)28(22)18-11-5-2-6-12-18/h1-13,16H,14-15H2,(H,25,29). The number of rotatable bonds is 6. The lowest BCUT2D eigenvalue weighted by molar-refractivity contribution is -0.116. The molecule has 6 nitrogen and oxygen atoms in total. The van der Waals surface area contributed by atoms with Crippen LogP contribution in [0.4, 0.5) is 5.69 Å². The molecule has 2 aromatic carbocycles. The molecule has 5 rings (SSSR count). The number of hydrogen-bond donors (Lipinski definition) is 1. The summed E-state index contributed by atoms with van der Waals surface area (Å²) in [6.45, 7) is 0. The van der Waals surface area contributed by atoms with Gasteiger partial charge in [0.25, 0.3) is 0 Å². The summed E-state index contributed by atoms with van der Waals surface area (Å²) >= 11 is 1.47. The van der Waals surface area contributed by atoms with Gasteiger partial charge in [-0.2, -0.15) is 0 Å². The van der Waals surface area contributed by atoms with Crippen LogP contribution in [0, 0.1) is 0 Å². The Hall–Kier alpha value is -3.45. The number of nitrogens with one attached hydrogen (secondary N) is 1. The molecule has 1 saturated carbocycles. The third-order valence-corrected chi connectivity index (χ3v) is 6.41. The van der Waals surface area contributed by atoms with Gasteiger partial charge in [0.2, 0.25) is 5.91 Å². The predicted molar refractivity (Wildman–Crippen MR) is 117 cm³/mol. The molecule has 1 fully saturated rings. The highest BCUT2D eigenvalue weighted by Gasteiger charge is 2.52. The van der Waals surface area contributed by atoms with Crippen molar-refractivity contribution in [1.82, 2.24) is 19.7 Å². The predicted octanol–water partition coefficient (Wildman–Crippen LogP) is 4.59. The minimum absolute atomic E-state index is 0.000646. The van der Waals surface area contributed by atoms with Crippen LogP contribution in [0.2, 0.25) is 0 Å². The molecule has 0 saturated heterocycles. The van der Waals surface area contributed by atoms with Crippen LogP contribution in [-0.2, 0) is 4.79 Å². The summed E-state index contributed by atoms with van der Waals surface area (Å²) in [4.78, 5) is 17.5. The van der Waals surface area contributed by atoms with Gasteiger partial charge < -0.3 is 5.32 Å². The maximum Gasteiger partial charge on any atom is 0.241 e. The van der Waals surface area contributed by atoms with Crippen LogP contribution >= 0.6 is 11.8 Å². The summed E-state index contributed by atoms with van der Waals surface area (Å²) < 4.78 is 1.44. The molecule has 0 atom stereocenters. The third kappa shape index (κ3) is 3.59. The molecule has 0 unspecified atom stereocenters. The number of thioether (sulfide) groups is 1. The molecule has 1 aliphatic rings. The SMILES string of the molecule is O=C(Nc1ccccc1)C1(Sc2nnc(-c3ccccn3)n2-c2ccccc2)CC1. The maximum absolute atomic E-state index is 13.0. The van der Waals surface area contributed by atoms with Gasteiger partial charge in [0.05, 0.1) is 0 Å². The van der Waals surface area contributed by atoms with Crippen molar-refractivity contribution in [3.05, 3.63) is 85.1 Å². The minimum Gasteiger partial charge on any atom is -0.325 e. The largest absolute Gasteiger partial charge is 0.325 e. The summed E-state index contributed by atoms with van der Waals surface area (Å²) in [7, 11) is 0. The molecular formula is C23H19N5OS. The second-order valence-electron chi connectivity index (χ2n) is 7.11. The van der Waals surface area contributed by atoms with Crippen molar-refractivity contribution in [2.24, 2.45) is 0 Å². The first kappa shape index (κ1) is 18.6. The fourth-order valence-electron chi connectivity index (χ4n) is 3.24. The summed E-state index contributed by atoms with van der Waals surface area (Å²) in [5.74, 6) is 0.657. The van der Waals surface area contributed by atoms with E-state index in [2.05, 4.69) is 20.5 Å². The molecule has 0 bridgehead atoms. The van der Waals surface area contributed by atoms with E-state index in [1.54, 1.807) is 6.20 Å². The monoisotopic (exact) mass is 413 g/mol. The number of amides is 1. The van der Waals surface area contributed by atoms with Gasteiger partial charge in [0.1, 0.15) is 10.4 Å². The van der Waals surface area contributed by atoms with Crippen molar-refractivity contribution in [3.8, 4) is 17.2 Å². The van der Waals surface area contributed by atoms with E-state index in [0.29, 0.717) is 11.0 Å². The first-order chi connectivity index (χ1) is 14.8. The molecule has 148 valence electrons. The van der Waals surface area contributed by atoms with E-state index in [9.17, 15) is 4.79 Å². The zero-order valence-electron chi connectivity index (χ0n) is 16.1. The molecule has 2 heterocycles. The average Bonchev–Trinajstić information content (AvgIpc) is 3.47. The van der Waals surface area contributed by atoms with Gasteiger partial charge >= 0.3 is 0 Å². The lowest BCUT2D eigenvalue weighted by Crippen LogP contribution is -2.27. The lowest BCUT2D eigenvalue weighted by atomic mass is 10.3. The van der Waals surface area contributed by atoms with Gasteiger partial charge in [0, 0.05) is 17.6 Å². The molecule has 0 aliphatic heterocycles. The number of carbonyl (C=O) groups is 1. The number of pyridine rings is 1. The number of benzene rings is 2. The summed E-state index contributed by atoms with van der Waals surface area (Å²) in [5, 5.41) is 12.6. The van der Waals surface area contributed by atoms with Crippen molar-refractivity contribution in [2.45, 2.75) is 22.7 Å². The minimum atomic E-state index is -0.531. The topological polar surface area (TPSA) is 72.7 Å². The normalized spacial score (nSPS) is 14.3. The Morgan fingerprint density at radius 2 is 1.60 bits per heavy atom. The van der Waals surface area contributed by atoms with Gasteiger partial charge in [-0.05, 0) is 49.2 Å². The van der Waals surface area contributed by atoms with E-state index >= 15 is 0 Å². The lowest BCUT2D eigenvalue weighted by Gasteiger charge is -2.16. The number of nitrogens with zero attached hydrogens (tertiary/aromatic N) is 4.